The van der Waals surface area contributed by atoms with Crippen LogP contribution in [-0.4, -0.2) is 23.1 Å². The van der Waals surface area contributed by atoms with E-state index >= 15 is 0 Å². The van der Waals surface area contributed by atoms with Crippen molar-refractivity contribution in [2.75, 3.05) is 11.9 Å². The Balaban J connectivity index is 2.19. The monoisotopic (exact) mass is 334 g/mol. The largest absolute Gasteiger partial charge is 0.409 e. The van der Waals surface area contributed by atoms with Crippen LogP contribution in [0.3, 0.4) is 0 Å². The number of halogens is 1. The van der Waals surface area contributed by atoms with Crippen molar-refractivity contribution >= 4 is 27.5 Å². The van der Waals surface area contributed by atoms with Crippen LogP contribution < -0.4 is 10.6 Å². The van der Waals surface area contributed by atoms with Crippen LogP contribution in [-0.2, 0) is 6.54 Å². The fourth-order valence-electron chi connectivity index (χ4n) is 1.85. The number of nitrogens with two attached hydrogens (primary N) is 1. The molecule has 0 spiro atoms. The minimum Gasteiger partial charge on any atom is -0.409 e. The molecule has 0 atom stereocenters. The fourth-order valence-corrected chi connectivity index (χ4v) is 2.30. The Bertz CT molecular complexity index is 630. The standard InChI is InChI=1S/C14H15BrN4O/c1-19(9-10-3-2-4-11(15)7-10)12-5-6-17-13(8-12)14(16)18-20/h2-8,20H,9H2,1H3,(H2,16,18). The topological polar surface area (TPSA) is 74.7 Å². The number of anilines is 1. The molecule has 0 saturated carbocycles. The molecule has 2 rings (SSSR count). The number of amidine groups is 1. The van der Waals surface area contributed by atoms with Gasteiger partial charge in [0.1, 0.15) is 5.69 Å². The molecule has 1 heterocycles. The van der Waals surface area contributed by atoms with Gasteiger partial charge in [0.15, 0.2) is 5.84 Å². The second-order valence-electron chi connectivity index (χ2n) is 4.37. The SMILES string of the molecule is CN(Cc1cccc(Br)c1)c1ccnc(C(N)=NO)c1. The average Bonchev–Trinajstić information content (AvgIpc) is 2.46. The van der Waals surface area contributed by atoms with Crippen LogP contribution >= 0.6 is 15.9 Å². The summed E-state index contributed by atoms with van der Waals surface area (Å²) in [7, 11) is 1.98. The smallest absolute Gasteiger partial charge is 0.188 e. The first-order valence-electron chi connectivity index (χ1n) is 5.99. The molecule has 104 valence electrons. The van der Waals surface area contributed by atoms with Gasteiger partial charge < -0.3 is 15.8 Å². The Morgan fingerprint density at radius 3 is 2.90 bits per heavy atom. The molecular weight excluding hydrogens is 320 g/mol. The summed E-state index contributed by atoms with van der Waals surface area (Å²) in [6.45, 7) is 0.749. The molecule has 0 bridgehead atoms. The zero-order valence-corrected chi connectivity index (χ0v) is 12.6. The summed E-state index contributed by atoms with van der Waals surface area (Å²) >= 11 is 3.46. The molecule has 3 N–H and O–H groups in total. The average molecular weight is 335 g/mol. The summed E-state index contributed by atoms with van der Waals surface area (Å²) in [4.78, 5) is 6.13. The van der Waals surface area contributed by atoms with Crippen LogP contribution in [0.1, 0.15) is 11.3 Å². The Labute approximate surface area is 125 Å². The molecule has 0 fully saturated rings. The zero-order valence-electron chi connectivity index (χ0n) is 11.0. The van der Waals surface area contributed by atoms with E-state index in [-0.39, 0.29) is 5.84 Å². The number of rotatable bonds is 4. The number of benzene rings is 1. The summed E-state index contributed by atoms with van der Waals surface area (Å²) in [5.41, 5.74) is 8.13. The van der Waals surface area contributed by atoms with E-state index in [1.165, 1.54) is 5.56 Å². The molecule has 0 radical (unpaired) electrons. The van der Waals surface area contributed by atoms with Crippen LogP contribution in [0.15, 0.2) is 52.2 Å². The molecule has 0 saturated heterocycles. The van der Waals surface area contributed by atoms with Gasteiger partial charge in [-0.1, -0.05) is 33.2 Å². The number of oxime groups is 1. The first-order valence-corrected chi connectivity index (χ1v) is 6.79. The molecule has 0 amide bonds. The van der Waals surface area contributed by atoms with Crippen molar-refractivity contribution in [3.63, 3.8) is 0 Å². The van der Waals surface area contributed by atoms with Gasteiger partial charge in [0.2, 0.25) is 0 Å². The third-order valence-corrected chi connectivity index (χ3v) is 3.36. The highest BCUT2D eigenvalue weighted by Crippen LogP contribution is 2.18. The van der Waals surface area contributed by atoms with Gasteiger partial charge in [-0.3, -0.25) is 4.98 Å². The van der Waals surface area contributed by atoms with E-state index in [1.54, 1.807) is 12.3 Å². The van der Waals surface area contributed by atoms with Crippen LogP contribution in [0.25, 0.3) is 0 Å². The summed E-state index contributed by atoms with van der Waals surface area (Å²) in [6.07, 6.45) is 1.64. The second-order valence-corrected chi connectivity index (χ2v) is 5.29. The minimum atomic E-state index is 0.00251. The molecule has 0 aliphatic rings. The van der Waals surface area contributed by atoms with E-state index in [0.29, 0.717) is 5.69 Å². The Morgan fingerprint density at radius 1 is 1.40 bits per heavy atom. The third-order valence-electron chi connectivity index (χ3n) is 2.86. The van der Waals surface area contributed by atoms with Gasteiger partial charge in [0.25, 0.3) is 0 Å². The molecule has 6 heteroatoms. The molecule has 20 heavy (non-hydrogen) atoms. The quantitative estimate of drug-likeness (QED) is 0.390. The lowest BCUT2D eigenvalue weighted by molar-refractivity contribution is 0.318. The van der Waals surface area contributed by atoms with Crippen LogP contribution in [0, 0.1) is 0 Å². The predicted molar refractivity (Wildman–Crippen MR) is 83.0 cm³/mol. The van der Waals surface area contributed by atoms with Crippen LogP contribution in [0.4, 0.5) is 5.69 Å². The first kappa shape index (κ1) is 14.3. The van der Waals surface area contributed by atoms with Gasteiger partial charge in [-0.15, -0.1) is 0 Å². The normalized spacial score (nSPS) is 11.4. The van der Waals surface area contributed by atoms with E-state index in [1.807, 2.05) is 25.2 Å². The Kier molecular flexibility index (Phi) is 4.57. The summed E-state index contributed by atoms with van der Waals surface area (Å²) in [5.74, 6) is 0.00251. The van der Waals surface area contributed by atoms with Gasteiger partial charge in [-0.05, 0) is 29.8 Å². The molecule has 1 aromatic heterocycles. The lowest BCUT2D eigenvalue weighted by Crippen LogP contribution is -2.19. The maximum absolute atomic E-state index is 8.69. The van der Waals surface area contributed by atoms with E-state index in [2.05, 4.69) is 43.1 Å². The van der Waals surface area contributed by atoms with Crippen molar-refractivity contribution in [3.8, 4) is 0 Å². The molecule has 0 aliphatic heterocycles. The second kappa shape index (κ2) is 6.38. The summed E-state index contributed by atoms with van der Waals surface area (Å²) < 4.78 is 1.05. The summed E-state index contributed by atoms with van der Waals surface area (Å²) in [5, 5.41) is 11.6. The van der Waals surface area contributed by atoms with Crippen molar-refractivity contribution < 1.29 is 5.21 Å². The lowest BCUT2D eigenvalue weighted by Gasteiger charge is -2.20. The molecule has 0 aliphatic carbocycles. The molecule has 1 aromatic carbocycles. The molecule has 2 aromatic rings. The maximum Gasteiger partial charge on any atom is 0.188 e. The number of aromatic nitrogens is 1. The van der Waals surface area contributed by atoms with Crippen molar-refractivity contribution in [2.45, 2.75) is 6.54 Å². The van der Waals surface area contributed by atoms with Gasteiger partial charge in [-0.25, -0.2) is 0 Å². The number of hydrogen-bond acceptors (Lipinski definition) is 4. The highest BCUT2D eigenvalue weighted by atomic mass is 79.9. The first-order chi connectivity index (χ1) is 9.60. The van der Waals surface area contributed by atoms with E-state index in [0.717, 1.165) is 16.7 Å². The molecular formula is C14H15BrN4O. The number of hydrogen-bond donors (Lipinski definition) is 2. The van der Waals surface area contributed by atoms with Crippen molar-refractivity contribution in [1.82, 2.24) is 4.98 Å². The van der Waals surface area contributed by atoms with Crippen molar-refractivity contribution in [2.24, 2.45) is 10.9 Å². The van der Waals surface area contributed by atoms with Gasteiger partial charge in [0, 0.05) is 29.9 Å². The van der Waals surface area contributed by atoms with Crippen molar-refractivity contribution in [3.05, 3.63) is 58.3 Å². The van der Waals surface area contributed by atoms with Gasteiger partial charge in [0.05, 0.1) is 0 Å². The molecule has 5 nitrogen and oxygen atoms in total. The lowest BCUT2D eigenvalue weighted by atomic mass is 10.2. The minimum absolute atomic E-state index is 0.00251. The van der Waals surface area contributed by atoms with E-state index in [4.69, 9.17) is 10.9 Å². The third kappa shape index (κ3) is 3.48. The van der Waals surface area contributed by atoms with E-state index < -0.39 is 0 Å². The van der Waals surface area contributed by atoms with Gasteiger partial charge >= 0.3 is 0 Å². The summed E-state index contributed by atoms with van der Waals surface area (Å²) in [6, 6.07) is 11.8. The van der Waals surface area contributed by atoms with Crippen LogP contribution in [0.2, 0.25) is 0 Å². The Hall–Kier alpha value is -2.08. The van der Waals surface area contributed by atoms with Crippen molar-refractivity contribution in [1.29, 1.82) is 0 Å². The number of pyridine rings is 1. The van der Waals surface area contributed by atoms with Gasteiger partial charge in [-0.2, -0.15) is 0 Å². The zero-order chi connectivity index (χ0) is 14.5. The van der Waals surface area contributed by atoms with Crippen LogP contribution in [0.5, 0.6) is 0 Å². The predicted octanol–water partition coefficient (Wildman–Crippen LogP) is 2.58. The van der Waals surface area contributed by atoms with E-state index in [9.17, 15) is 0 Å². The Morgan fingerprint density at radius 2 is 2.20 bits per heavy atom. The highest BCUT2D eigenvalue weighted by molar-refractivity contribution is 9.10. The fraction of sp³-hybridized carbons (Fsp3) is 0.143. The maximum atomic E-state index is 8.69. The molecule has 0 unspecified atom stereocenters. The highest BCUT2D eigenvalue weighted by Gasteiger charge is 2.06. The number of nitrogens with zero attached hydrogens (tertiary/aromatic N) is 3.